The number of para-hydroxylation sites is 2. The van der Waals surface area contributed by atoms with E-state index in [1.165, 1.54) is 27.6 Å². The van der Waals surface area contributed by atoms with Crippen molar-refractivity contribution < 1.29 is 9.30 Å². The summed E-state index contributed by atoms with van der Waals surface area (Å²) in [6.45, 7) is 16.0. The quantitative estimate of drug-likeness (QED) is 0.107. The second-order valence-electron chi connectivity index (χ2n) is 20.2. The van der Waals surface area contributed by atoms with E-state index in [9.17, 15) is 0 Å². The van der Waals surface area contributed by atoms with E-state index >= 15 is 0 Å². The lowest BCUT2D eigenvalue weighted by Gasteiger charge is -2.27. The summed E-state index contributed by atoms with van der Waals surface area (Å²) in [5.74, 6) is 2.36. The van der Waals surface area contributed by atoms with Crippen molar-refractivity contribution in [1.82, 2.24) is 14.1 Å². The van der Waals surface area contributed by atoms with Gasteiger partial charge in [-0.05, 0) is 122 Å². The molecule has 0 saturated carbocycles. The fraction of sp³-hybridized carbons (Fsp3) is 0.156. The van der Waals surface area contributed by atoms with E-state index in [2.05, 4.69) is 257 Å². The van der Waals surface area contributed by atoms with Crippen molar-refractivity contribution in [2.45, 2.75) is 65.7 Å². The number of nitrogens with zero attached hydrogens (tertiary/aromatic N) is 4. The molecule has 5 heteroatoms. The van der Waals surface area contributed by atoms with Crippen LogP contribution < -0.4 is 9.30 Å². The highest BCUT2D eigenvalue weighted by molar-refractivity contribution is 6.09. The molecule has 0 radical (unpaired) electrons. The van der Waals surface area contributed by atoms with Gasteiger partial charge in [-0.1, -0.05) is 182 Å². The number of imidazole rings is 1. The van der Waals surface area contributed by atoms with Crippen molar-refractivity contribution in [3.63, 3.8) is 0 Å². The minimum absolute atomic E-state index is 0.0502. The van der Waals surface area contributed by atoms with Crippen LogP contribution in [0.5, 0.6) is 11.5 Å². The Morgan fingerprint density at radius 3 is 1.88 bits per heavy atom. The SMILES string of the molecule is CCc1ccnc(-n2c3ccccc3c3ccc(Oc4cccc(-n5[c-][n+](-c6c(-c7ccccc7)cccc6-c6cc(C(C)(C)C)cc(C(C)(C)C)c6)c6ccc(-c7ccccc7)cc65)c4)cc32)c1. The molecule has 0 unspecified atom stereocenters. The molecule has 0 atom stereocenters. The molecule has 0 aliphatic carbocycles. The third kappa shape index (κ3) is 8.18. The standard InChI is InChI=1S/C64H56N4O/c1-8-43-33-34-65-61(35-43)68-57-28-16-15-25-55(57)56-31-30-52(41-59(56)68)69-51-24-17-23-50(40-51)66-42-67(58-32-29-46(38-60(58)66)44-19-11-9-12-20-44)62-53(45-21-13-10-14-22-45)26-18-27-54(62)47-36-48(63(2,3)4)39-49(37-47)64(5,6)7/h9-41H,8H2,1-7H3. The molecule has 3 aromatic heterocycles. The largest absolute Gasteiger partial charge is 0.458 e. The third-order valence-corrected chi connectivity index (χ3v) is 13.5. The number of hydrogen-bond acceptors (Lipinski definition) is 2. The summed E-state index contributed by atoms with van der Waals surface area (Å²) in [6, 6.07) is 69.6. The first-order valence-corrected chi connectivity index (χ1v) is 24.1. The molecule has 0 amide bonds. The number of benzene rings is 8. The van der Waals surface area contributed by atoms with Gasteiger partial charge in [0.05, 0.1) is 33.4 Å². The zero-order valence-electron chi connectivity index (χ0n) is 40.5. The van der Waals surface area contributed by atoms with Crippen LogP contribution in [-0.2, 0) is 17.3 Å². The van der Waals surface area contributed by atoms with Crippen molar-refractivity contribution in [3.8, 4) is 62.1 Å². The van der Waals surface area contributed by atoms with Crippen LogP contribution >= 0.6 is 0 Å². The van der Waals surface area contributed by atoms with Gasteiger partial charge in [-0.25, -0.2) is 4.98 Å². The Balaban J connectivity index is 1.10. The summed E-state index contributed by atoms with van der Waals surface area (Å²) in [4.78, 5) is 4.85. The number of aryl methyl sites for hydroxylation is 1. The van der Waals surface area contributed by atoms with Crippen LogP contribution in [0.2, 0.25) is 0 Å². The van der Waals surface area contributed by atoms with E-state index in [-0.39, 0.29) is 10.8 Å². The maximum Gasteiger partial charge on any atom is 0.269 e. The van der Waals surface area contributed by atoms with Gasteiger partial charge in [0.1, 0.15) is 17.3 Å². The van der Waals surface area contributed by atoms with E-state index in [0.717, 1.165) is 90.4 Å². The molecule has 0 fully saturated rings. The molecule has 11 aromatic rings. The van der Waals surface area contributed by atoms with Crippen molar-refractivity contribution in [1.29, 1.82) is 0 Å². The Kier molecular flexibility index (Phi) is 10.9. The van der Waals surface area contributed by atoms with Crippen molar-refractivity contribution in [3.05, 3.63) is 223 Å². The van der Waals surface area contributed by atoms with Crippen LogP contribution in [0.3, 0.4) is 0 Å². The highest BCUT2D eigenvalue weighted by atomic mass is 16.5. The predicted molar refractivity (Wildman–Crippen MR) is 285 cm³/mol. The molecule has 11 rings (SSSR count). The summed E-state index contributed by atoms with van der Waals surface area (Å²) in [5, 5.41) is 2.33. The minimum atomic E-state index is -0.0502. The zero-order valence-corrected chi connectivity index (χ0v) is 40.5. The normalized spacial score (nSPS) is 12.0. The molecule has 0 N–H and O–H groups in total. The minimum Gasteiger partial charge on any atom is -0.458 e. The Labute approximate surface area is 405 Å². The zero-order chi connectivity index (χ0) is 47.4. The Bertz CT molecular complexity index is 3660. The molecular formula is C64H56N4O. The van der Waals surface area contributed by atoms with Gasteiger partial charge in [0, 0.05) is 23.0 Å². The monoisotopic (exact) mass is 896 g/mol. The summed E-state index contributed by atoms with van der Waals surface area (Å²) in [7, 11) is 0. The van der Waals surface area contributed by atoms with Crippen molar-refractivity contribution >= 4 is 32.8 Å². The molecule has 0 aliphatic rings. The number of hydrogen-bond donors (Lipinski definition) is 0. The highest BCUT2D eigenvalue weighted by Crippen LogP contribution is 2.40. The van der Waals surface area contributed by atoms with Crippen LogP contribution in [0.1, 0.15) is 65.2 Å². The van der Waals surface area contributed by atoms with Gasteiger partial charge >= 0.3 is 0 Å². The van der Waals surface area contributed by atoms with E-state index < -0.39 is 0 Å². The molecule has 8 aromatic carbocycles. The molecule has 338 valence electrons. The molecule has 0 spiro atoms. The average Bonchev–Trinajstić information content (AvgIpc) is 3.91. The fourth-order valence-electron chi connectivity index (χ4n) is 9.68. The van der Waals surface area contributed by atoms with Crippen LogP contribution in [0.15, 0.2) is 200 Å². The molecule has 69 heavy (non-hydrogen) atoms. The fourth-order valence-corrected chi connectivity index (χ4v) is 9.68. The summed E-state index contributed by atoms with van der Waals surface area (Å²) in [5.41, 5.74) is 16.8. The molecule has 3 heterocycles. The topological polar surface area (TPSA) is 35.9 Å². The van der Waals surface area contributed by atoms with Gasteiger partial charge in [0.15, 0.2) is 0 Å². The number of aromatic nitrogens is 4. The van der Waals surface area contributed by atoms with Crippen LogP contribution in [0, 0.1) is 6.33 Å². The highest BCUT2D eigenvalue weighted by Gasteiger charge is 2.25. The summed E-state index contributed by atoms with van der Waals surface area (Å²) in [6.07, 6.45) is 6.78. The Morgan fingerprint density at radius 1 is 0.507 bits per heavy atom. The second kappa shape index (κ2) is 17.2. The van der Waals surface area contributed by atoms with Gasteiger partial charge < -0.3 is 4.74 Å². The third-order valence-electron chi connectivity index (χ3n) is 13.5. The van der Waals surface area contributed by atoms with E-state index in [1.54, 1.807) is 0 Å². The molecule has 0 aliphatic heterocycles. The smallest absolute Gasteiger partial charge is 0.269 e. The van der Waals surface area contributed by atoms with E-state index in [1.807, 2.05) is 12.3 Å². The molecule has 0 bridgehead atoms. The number of ether oxygens (including phenoxy) is 1. The van der Waals surface area contributed by atoms with Crippen LogP contribution in [-0.4, -0.2) is 14.1 Å². The van der Waals surface area contributed by atoms with Gasteiger partial charge in [-0.3, -0.25) is 13.7 Å². The lowest BCUT2D eigenvalue weighted by Crippen LogP contribution is -2.31. The summed E-state index contributed by atoms with van der Waals surface area (Å²) >= 11 is 0. The van der Waals surface area contributed by atoms with Gasteiger partial charge in [-0.2, -0.15) is 0 Å². The maximum atomic E-state index is 6.84. The van der Waals surface area contributed by atoms with E-state index in [0.29, 0.717) is 0 Å². The summed E-state index contributed by atoms with van der Waals surface area (Å²) < 4.78 is 13.6. The molecular weight excluding hydrogens is 841 g/mol. The van der Waals surface area contributed by atoms with Gasteiger partial charge in [0.25, 0.3) is 6.33 Å². The van der Waals surface area contributed by atoms with Crippen LogP contribution in [0.4, 0.5) is 0 Å². The first-order chi connectivity index (χ1) is 33.4. The van der Waals surface area contributed by atoms with Crippen molar-refractivity contribution in [2.24, 2.45) is 0 Å². The Hall–Kier alpha value is -8.02. The molecule has 0 saturated heterocycles. The van der Waals surface area contributed by atoms with E-state index in [4.69, 9.17) is 9.72 Å². The first kappa shape index (κ1) is 43.5. The first-order valence-electron chi connectivity index (χ1n) is 24.1. The lowest BCUT2D eigenvalue weighted by atomic mass is 9.78. The number of pyridine rings is 1. The second-order valence-corrected chi connectivity index (χ2v) is 20.2. The van der Waals surface area contributed by atoms with Gasteiger partial charge in [-0.15, -0.1) is 0 Å². The predicted octanol–water partition coefficient (Wildman–Crippen LogP) is 16.2. The molecule has 5 nitrogen and oxygen atoms in total. The number of fused-ring (bicyclic) bond motifs is 4. The van der Waals surface area contributed by atoms with Gasteiger partial charge in [0.2, 0.25) is 0 Å². The maximum absolute atomic E-state index is 6.84. The average molecular weight is 897 g/mol. The lowest BCUT2D eigenvalue weighted by molar-refractivity contribution is -0.571. The van der Waals surface area contributed by atoms with Crippen molar-refractivity contribution in [2.75, 3.05) is 0 Å². The van der Waals surface area contributed by atoms with Crippen LogP contribution in [0.25, 0.3) is 83.4 Å². The number of rotatable bonds is 9. The Morgan fingerprint density at radius 2 is 1.16 bits per heavy atom.